The number of fused-ring (bicyclic) bond motifs is 1. The molecule has 0 aromatic heterocycles. The minimum Gasteiger partial charge on any atom is -0.496 e. The van der Waals surface area contributed by atoms with Crippen molar-refractivity contribution in [2.24, 2.45) is 0 Å². The lowest BCUT2D eigenvalue weighted by molar-refractivity contribution is 0.0714. The second-order valence-corrected chi connectivity index (χ2v) is 7.68. The standard InChI is InChI=1S/C10H13NO2Si/c1-11-9-7-5-4-6-8(9)10(12)13-14(11,2)3/h4-7H,1-3H3. The van der Waals surface area contributed by atoms with Crippen molar-refractivity contribution >= 4 is 20.1 Å². The maximum Gasteiger partial charge on any atom is 0.357 e. The summed E-state index contributed by atoms with van der Waals surface area (Å²) in [5.74, 6) is -0.185. The summed E-state index contributed by atoms with van der Waals surface area (Å²) in [5.41, 5.74) is 1.65. The minimum atomic E-state index is -2.02. The molecule has 4 heteroatoms. The first-order valence-corrected chi connectivity index (χ1v) is 7.44. The smallest absolute Gasteiger partial charge is 0.357 e. The SMILES string of the molecule is CN1c2ccccc2C(=O)O[Si]1(C)C. The monoisotopic (exact) mass is 207 g/mol. The zero-order valence-electron chi connectivity index (χ0n) is 8.57. The van der Waals surface area contributed by atoms with E-state index in [-0.39, 0.29) is 5.97 Å². The summed E-state index contributed by atoms with van der Waals surface area (Å²) in [6.07, 6.45) is 0. The molecule has 0 aliphatic carbocycles. The third kappa shape index (κ3) is 1.22. The maximum atomic E-state index is 11.6. The van der Waals surface area contributed by atoms with Gasteiger partial charge in [0, 0.05) is 12.7 Å². The van der Waals surface area contributed by atoms with Gasteiger partial charge in [0.15, 0.2) is 0 Å². The van der Waals surface area contributed by atoms with Crippen molar-refractivity contribution in [3.05, 3.63) is 29.8 Å². The zero-order chi connectivity index (χ0) is 10.3. The summed E-state index contributed by atoms with van der Waals surface area (Å²) in [6.45, 7) is 4.03. The lowest BCUT2D eigenvalue weighted by Gasteiger charge is -2.39. The van der Waals surface area contributed by atoms with Gasteiger partial charge in [-0.15, -0.1) is 0 Å². The fourth-order valence-corrected chi connectivity index (χ4v) is 3.05. The third-order valence-electron chi connectivity index (χ3n) is 2.64. The molecular formula is C10H13NO2Si. The Morgan fingerprint density at radius 1 is 1.29 bits per heavy atom. The lowest BCUT2D eigenvalue weighted by atomic mass is 10.2. The number of nitrogens with zero attached hydrogens (tertiary/aromatic N) is 1. The van der Waals surface area contributed by atoms with Crippen LogP contribution < -0.4 is 4.57 Å². The number of hydrogen-bond donors (Lipinski definition) is 0. The van der Waals surface area contributed by atoms with E-state index in [0.29, 0.717) is 5.56 Å². The summed E-state index contributed by atoms with van der Waals surface area (Å²) in [4.78, 5) is 11.6. The molecule has 0 bridgehead atoms. The maximum absolute atomic E-state index is 11.6. The van der Waals surface area contributed by atoms with Gasteiger partial charge < -0.3 is 8.99 Å². The second-order valence-electron chi connectivity index (χ2n) is 3.91. The summed E-state index contributed by atoms with van der Waals surface area (Å²) in [7, 11) is -0.0408. The largest absolute Gasteiger partial charge is 0.496 e. The normalized spacial score (nSPS) is 18.8. The molecule has 0 saturated heterocycles. The molecule has 0 N–H and O–H groups in total. The van der Waals surface area contributed by atoms with Crippen LogP contribution in [0.4, 0.5) is 5.69 Å². The van der Waals surface area contributed by atoms with Crippen LogP contribution in [0.1, 0.15) is 10.4 Å². The first kappa shape index (κ1) is 9.27. The molecule has 0 saturated carbocycles. The number of benzene rings is 1. The molecule has 0 amide bonds. The number of carbonyl (C=O) groups is 1. The molecule has 74 valence electrons. The highest BCUT2D eigenvalue weighted by Crippen LogP contribution is 2.30. The Kier molecular flexibility index (Phi) is 1.89. The zero-order valence-corrected chi connectivity index (χ0v) is 9.57. The predicted molar refractivity (Wildman–Crippen MR) is 57.7 cm³/mol. The van der Waals surface area contributed by atoms with Crippen molar-refractivity contribution in [2.45, 2.75) is 13.1 Å². The Morgan fingerprint density at radius 3 is 2.64 bits per heavy atom. The van der Waals surface area contributed by atoms with Gasteiger partial charge in [-0.3, -0.25) is 0 Å². The fraction of sp³-hybridized carbons (Fsp3) is 0.300. The number of para-hydroxylation sites is 1. The van der Waals surface area contributed by atoms with Gasteiger partial charge in [0.1, 0.15) is 0 Å². The Morgan fingerprint density at radius 2 is 1.93 bits per heavy atom. The van der Waals surface area contributed by atoms with Gasteiger partial charge in [-0.05, 0) is 25.2 Å². The number of hydrogen-bond acceptors (Lipinski definition) is 3. The van der Waals surface area contributed by atoms with E-state index in [1.807, 2.05) is 38.3 Å². The van der Waals surface area contributed by atoms with Gasteiger partial charge in [0.05, 0.1) is 5.56 Å². The fourth-order valence-electron chi connectivity index (χ4n) is 1.58. The van der Waals surface area contributed by atoms with Crippen LogP contribution in [0, 0.1) is 0 Å². The number of carbonyl (C=O) groups excluding carboxylic acids is 1. The molecule has 0 spiro atoms. The van der Waals surface area contributed by atoms with E-state index >= 15 is 0 Å². The van der Waals surface area contributed by atoms with Crippen molar-refractivity contribution < 1.29 is 9.22 Å². The second kappa shape index (κ2) is 2.85. The molecular weight excluding hydrogens is 194 g/mol. The summed E-state index contributed by atoms with van der Waals surface area (Å²) < 4.78 is 7.54. The van der Waals surface area contributed by atoms with Gasteiger partial charge in [-0.1, -0.05) is 12.1 Å². The quantitative estimate of drug-likeness (QED) is 0.609. The van der Waals surface area contributed by atoms with Gasteiger partial charge in [-0.2, -0.15) is 0 Å². The van der Waals surface area contributed by atoms with Crippen molar-refractivity contribution in [1.82, 2.24) is 0 Å². The Balaban J connectivity index is 2.57. The molecule has 0 atom stereocenters. The first-order chi connectivity index (χ1) is 6.52. The molecule has 1 aliphatic rings. The van der Waals surface area contributed by atoms with E-state index < -0.39 is 8.48 Å². The summed E-state index contributed by atoms with van der Waals surface area (Å²) in [6, 6.07) is 7.56. The van der Waals surface area contributed by atoms with Crippen LogP contribution in [0.15, 0.2) is 24.3 Å². The van der Waals surface area contributed by atoms with Gasteiger partial charge in [-0.25, -0.2) is 4.79 Å². The highest BCUT2D eigenvalue weighted by molar-refractivity contribution is 6.77. The molecule has 1 aromatic carbocycles. The van der Waals surface area contributed by atoms with Crippen LogP contribution in [-0.4, -0.2) is 21.5 Å². The summed E-state index contributed by atoms with van der Waals surface area (Å²) >= 11 is 0. The van der Waals surface area contributed by atoms with E-state index in [4.69, 9.17) is 4.43 Å². The number of rotatable bonds is 0. The Labute approximate surface area is 84.5 Å². The Hall–Kier alpha value is -1.29. The van der Waals surface area contributed by atoms with Crippen molar-refractivity contribution in [3.63, 3.8) is 0 Å². The molecule has 0 radical (unpaired) electrons. The lowest BCUT2D eigenvalue weighted by Crippen LogP contribution is -2.54. The van der Waals surface area contributed by atoms with E-state index in [1.54, 1.807) is 6.07 Å². The molecule has 1 heterocycles. The highest BCUT2D eigenvalue weighted by Gasteiger charge is 2.39. The molecule has 1 aromatic rings. The van der Waals surface area contributed by atoms with Crippen LogP contribution in [0.25, 0.3) is 0 Å². The van der Waals surface area contributed by atoms with Crippen LogP contribution >= 0.6 is 0 Å². The van der Waals surface area contributed by atoms with E-state index in [0.717, 1.165) is 5.69 Å². The van der Waals surface area contributed by atoms with Crippen LogP contribution in [0.2, 0.25) is 13.1 Å². The van der Waals surface area contributed by atoms with Crippen LogP contribution in [0.3, 0.4) is 0 Å². The summed E-state index contributed by atoms with van der Waals surface area (Å²) in [5, 5.41) is 0. The van der Waals surface area contributed by atoms with Gasteiger partial charge in [0.25, 0.3) is 0 Å². The minimum absolute atomic E-state index is 0.185. The van der Waals surface area contributed by atoms with Crippen molar-refractivity contribution in [2.75, 3.05) is 11.6 Å². The van der Waals surface area contributed by atoms with E-state index in [2.05, 4.69) is 4.57 Å². The van der Waals surface area contributed by atoms with Crippen molar-refractivity contribution in [1.29, 1.82) is 0 Å². The molecule has 14 heavy (non-hydrogen) atoms. The van der Waals surface area contributed by atoms with Gasteiger partial charge in [0.2, 0.25) is 0 Å². The van der Waals surface area contributed by atoms with Crippen LogP contribution in [-0.2, 0) is 4.43 Å². The van der Waals surface area contributed by atoms with Crippen molar-refractivity contribution in [3.8, 4) is 0 Å². The molecule has 1 aliphatic heterocycles. The highest BCUT2D eigenvalue weighted by atomic mass is 28.4. The average molecular weight is 207 g/mol. The number of anilines is 1. The molecule has 0 unspecified atom stereocenters. The van der Waals surface area contributed by atoms with E-state index in [1.165, 1.54) is 0 Å². The van der Waals surface area contributed by atoms with E-state index in [9.17, 15) is 4.79 Å². The Bertz CT molecular complexity index is 389. The molecule has 3 nitrogen and oxygen atoms in total. The average Bonchev–Trinajstić information content (AvgIpc) is 2.14. The molecule has 0 fully saturated rings. The topological polar surface area (TPSA) is 29.5 Å². The molecule has 2 rings (SSSR count). The third-order valence-corrected chi connectivity index (χ3v) is 5.18. The predicted octanol–water partition coefficient (Wildman–Crippen LogP) is 1.99. The van der Waals surface area contributed by atoms with Gasteiger partial charge >= 0.3 is 14.4 Å². The first-order valence-electron chi connectivity index (χ1n) is 4.58. The van der Waals surface area contributed by atoms with Crippen LogP contribution in [0.5, 0.6) is 0 Å².